The van der Waals surface area contributed by atoms with Crippen LogP contribution in [0.4, 0.5) is 5.69 Å². The molecule has 5 nitrogen and oxygen atoms in total. The van der Waals surface area contributed by atoms with Crippen molar-refractivity contribution < 1.29 is 13.2 Å². The van der Waals surface area contributed by atoms with Gasteiger partial charge in [-0.05, 0) is 31.2 Å². The van der Waals surface area contributed by atoms with Crippen molar-refractivity contribution in [1.29, 1.82) is 0 Å². The van der Waals surface area contributed by atoms with Gasteiger partial charge >= 0.3 is 0 Å². The number of sulfonamides is 1. The van der Waals surface area contributed by atoms with Crippen molar-refractivity contribution in [3.63, 3.8) is 0 Å². The van der Waals surface area contributed by atoms with Crippen LogP contribution in [-0.2, 0) is 10.0 Å². The van der Waals surface area contributed by atoms with Crippen LogP contribution in [0, 0.1) is 6.92 Å². The monoisotopic (exact) mass is 330 g/mol. The molecule has 8 heteroatoms. The van der Waals surface area contributed by atoms with Crippen molar-refractivity contribution in [2.75, 3.05) is 4.72 Å². The number of amides is 1. The molecule has 0 atom stereocenters. The lowest BCUT2D eigenvalue weighted by Crippen LogP contribution is -2.13. The molecule has 0 fully saturated rings. The lowest BCUT2D eigenvalue weighted by Gasteiger charge is -2.07. The first-order chi connectivity index (χ1) is 9.29. The minimum Gasteiger partial charge on any atom is -0.365 e. The predicted octanol–water partition coefficient (Wildman–Crippen LogP) is 2.61. The lowest BCUT2D eigenvalue weighted by atomic mass is 10.3. The second-order valence-electron chi connectivity index (χ2n) is 4.01. The zero-order valence-corrected chi connectivity index (χ0v) is 12.8. The van der Waals surface area contributed by atoms with Gasteiger partial charge in [0, 0.05) is 9.90 Å². The zero-order valence-electron chi connectivity index (χ0n) is 10.4. The number of hydrogen-bond donors (Lipinski definition) is 2. The Morgan fingerprint density at radius 3 is 2.60 bits per heavy atom. The van der Waals surface area contributed by atoms with E-state index in [1.807, 2.05) is 0 Å². The molecule has 0 bridgehead atoms. The van der Waals surface area contributed by atoms with Crippen LogP contribution in [0.25, 0.3) is 0 Å². The van der Waals surface area contributed by atoms with Crippen molar-refractivity contribution in [3.8, 4) is 0 Å². The first-order valence-electron chi connectivity index (χ1n) is 5.48. The SMILES string of the molecule is Cc1sc(C(N)=O)cc1S(=O)(=O)Nc1cccc(Cl)c1. The molecule has 0 radical (unpaired) electrons. The molecular weight excluding hydrogens is 320 g/mol. The van der Waals surface area contributed by atoms with Crippen molar-refractivity contribution in [2.24, 2.45) is 5.73 Å². The number of nitrogens with two attached hydrogens (primary N) is 1. The summed E-state index contributed by atoms with van der Waals surface area (Å²) in [5, 5.41) is 0.421. The number of carbonyl (C=O) groups excluding carboxylic acids is 1. The standard InChI is InChI=1S/C12H11ClN2O3S2/c1-7-11(6-10(19-7)12(14)16)20(17,18)15-9-4-2-3-8(13)5-9/h2-6,15H,1H3,(H2,14,16). The van der Waals surface area contributed by atoms with E-state index in [9.17, 15) is 13.2 Å². The summed E-state index contributed by atoms with van der Waals surface area (Å²) >= 11 is 6.85. The zero-order chi connectivity index (χ0) is 14.9. The van der Waals surface area contributed by atoms with Gasteiger partial charge in [-0.1, -0.05) is 17.7 Å². The van der Waals surface area contributed by atoms with E-state index in [1.165, 1.54) is 12.1 Å². The number of nitrogens with one attached hydrogen (secondary N) is 1. The predicted molar refractivity (Wildman–Crippen MR) is 79.8 cm³/mol. The van der Waals surface area contributed by atoms with Crippen LogP contribution in [0.1, 0.15) is 14.5 Å². The summed E-state index contributed by atoms with van der Waals surface area (Å²) in [6.07, 6.45) is 0. The van der Waals surface area contributed by atoms with E-state index in [1.54, 1.807) is 25.1 Å². The first kappa shape index (κ1) is 14.8. The molecule has 0 saturated heterocycles. The molecule has 3 N–H and O–H groups in total. The van der Waals surface area contributed by atoms with Crippen LogP contribution in [0.5, 0.6) is 0 Å². The fraction of sp³-hybridized carbons (Fsp3) is 0.0833. The Hall–Kier alpha value is -1.57. The number of halogens is 1. The molecule has 20 heavy (non-hydrogen) atoms. The highest BCUT2D eigenvalue weighted by molar-refractivity contribution is 7.93. The maximum absolute atomic E-state index is 12.3. The maximum Gasteiger partial charge on any atom is 0.263 e. The summed E-state index contributed by atoms with van der Waals surface area (Å²) in [7, 11) is -3.78. The molecule has 1 aromatic heterocycles. The Morgan fingerprint density at radius 1 is 1.35 bits per heavy atom. The van der Waals surface area contributed by atoms with Gasteiger partial charge in [0.25, 0.3) is 15.9 Å². The number of carbonyl (C=O) groups is 1. The molecule has 0 unspecified atom stereocenters. The van der Waals surface area contributed by atoms with Gasteiger partial charge in [-0.15, -0.1) is 11.3 Å². The maximum atomic E-state index is 12.3. The number of aryl methyl sites for hydroxylation is 1. The third-order valence-electron chi connectivity index (χ3n) is 2.48. The Morgan fingerprint density at radius 2 is 2.05 bits per heavy atom. The minimum absolute atomic E-state index is 0.0382. The van der Waals surface area contributed by atoms with Crippen molar-refractivity contribution in [3.05, 3.63) is 45.1 Å². The summed E-state index contributed by atoms with van der Waals surface area (Å²) in [5.41, 5.74) is 5.50. The summed E-state index contributed by atoms with van der Waals surface area (Å²) < 4.78 is 27.0. The summed E-state index contributed by atoms with van der Waals surface area (Å²) in [6.45, 7) is 1.61. The first-order valence-corrected chi connectivity index (χ1v) is 8.16. The van der Waals surface area contributed by atoms with Gasteiger partial charge in [0.1, 0.15) is 4.90 Å². The van der Waals surface area contributed by atoms with Gasteiger partial charge < -0.3 is 5.73 Å². The third kappa shape index (κ3) is 3.12. The second-order valence-corrected chi connectivity index (χ2v) is 7.35. The number of anilines is 1. The number of rotatable bonds is 4. The molecule has 0 aliphatic carbocycles. The van der Waals surface area contributed by atoms with E-state index in [0.29, 0.717) is 15.6 Å². The van der Waals surface area contributed by atoms with Crippen LogP contribution in [-0.4, -0.2) is 14.3 Å². The Bertz CT molecular complexity index is 769. The van der Waals surface area contributed by atoms with Crippen molar-refractivity contribution in [2.45, 2.75) is 11.8 Å². The van der Waals surface area contributed by atoms with Gasteiger partial charge in [-0.3, -0.25) is 9.52 Å². The summed E-state index contributed by atoms with van der Waals surface area (Å²) in [6, 6.07) is 7.63. The molecule has 1 amide bonds. The highest BCUT2D eigenvalue weighted by Crippen LogP contribution is 2.27. The van der Waals surface area contributed by atoms with Crippen molar-refractivity contribution >= 4 is 44.6 Å². The molecule has 1 heterocycles. The fourth-order valence-electron chi connectivity index (χ4n) is 1.62. The Balaban J connectivity index is 2.38. The topological polar surface area (TPSA) is 89.3 Å². The van der Waals surface area contributed by atoms with Gasteiger partial charge in [0.15, 0.2) is 0 Å². The summed E-state index contributed by atoms with van der Waals surface area (Å²) in [5.74, 6) is -0.651. The highest BCUT2D eigenvalue weighted by Gasteiger charge is 2.21. The van der Waals surface area contributed by atoms with E-state index in [0.717, 1.165) is 11.3 Å². The van der Waals surface area contributed by atoms with Crippen LogP contribution in [0.3, 0.4) is 0 Å². The minimum atomic E-state index is -3.78. The van der Waals surface area contributed by atoms with E-state index < -0.39 is 15.9 Å². The summed E-state index contributed by atoms with van der Waals surface area (Å²) in [4.78, 5) is 11.8. The normalized spacial score (nSPS) is 11.3. The van der Waals surface area contributed by atoms with Crippen LogP contribution >= 0.6 is 22.9 Å². The molecule has 2 rings (SSSR count). The van der Waals surface area contributed by atoms with E-state index in [2.05, 4.69) is 4.72 Å². The molecule has 1 aromatic carbocycles. The van der Waals surface area contributed by atoms with Crippen LogP contribution in [0.15, 0.2) is 35.2 Å². The van der Waals surface area contributed by atoms with E-state index >= 15 is 0 Å². The van der Waals surface area contributed by atoms with Gasteiger partial charge in [-0.25, -0.2) is 8.42 Å². The third-order valence-corrected chi connectivity index (χ3v) is 5.42. The Labute approximate surface area is 125 Å². The van der Waals surface area contributed by atoms with Gasteiger partial charge in [-0.2, -0.15) is 0 Å². The molecule has 0 spiro atoms. The van der Waals surface area contributed by atoms with E-state index in [-0.39, 0.29) is 9.77 Å². The van der Waals surface area contributed by atoms with E-state index in [4.69, 9.17) is 17.3 Å². The average Bonchev–Trinajstić information content (AvgIpc) is 2.71. The molecule has 0 saturated carbocycles. The number of primary amides is 1. The molecule has 2 aromatic rings. The fourth-order valence-corrected chi connectivity index (χ4v) is 4.30. The molecular formula is C12H11ClN2O3S2. The highest BCUT2D eigenvalue weighted by atomic mass is 35.5. The quantitative estimate of drug-likeness (QED) is 0.903. The largest absolute Gasteiger partial charge is 0.365 e. The van der Waals surface area contributed by atoms with Crippen LogP contribution in [0.2, 0.25) is 5.02 Å². The second kappa shape index (κ2) is 5.43. The average molecular weight is 331 g/mol. The molecule has 106 valence electrons. The molecule has 0 aliphatic heterocycles. The Kier molecular flexibility index (Phi) is 4.03. The van der Waals surface area contributed by atoms with Gasteiger partial charge in [0.2, 0.25) is 0 Å². The van der Waals surface area contributed by atoms with Gasteiger partial charge in [0.05, 0.1) is 10.6 Å². The smallest absolute Gasteiger partial charge is 0.263 e. The van der Waals surface area contributed by atoms with Crippen LogP contribution < -0.4 is 10.5 Å². The molecule has 0 aliphatic rings. The number of thiophene rings is 1. The lowest BCUT2D eigenvalue weighted by molar-refractivity contribution is 0.100. The number of hydrogen-bond acceptors (Lipinski definition) is 4. The van der Waals surface area contributed by atoms with Crippen molar-refractivity contribution in [1.82, 2.24) is 0 Å². The number of benzene rings is 1.